The maximum Gasteiger partial charge on any atom is 0.338 e. The van der Waals surface area contributed by atoms with Crippen LogP contribution in [-0.2, 0) is 16.1 Å². The Labute approximate surface area is 266 Å². The van der Waals surface area contributed by atoms with Gasteiger partial charge < -0.3 is 14.2 Å². The van der Waals surface area contributed by atoms with Crippen molar-refractivity contribution in [3.8, 4) is 11.5 Å². The van der Waals surface area contributed by atoms with E-state index in [1.54, 1.807) is 18.4 Å². The van der Waals surface area contributed by atoms with E-state index in [0.717, 1.165) is 15.6 Å². The summed E-state index contributed by atoms with van der Waals surface area (Å²) in [6, 6.07) is 19.8. The number of carbonyl (C=O) groups excluding carboxylic acids is 1. The largest absolute Gasteiger partial charge is 0.491 e. The van der Waals surface area contributed by atoms with Gasteiger partial charge in [-0.2, -0.15) is 0 Å². The third-order valence-corrected chi connectivity index (χ3v) is 8.51. The molecule has 0 N–H and O–H groups in total. The number of ether oxygens (including phenoxy) is 3. The number of para-hydroxylation sites is 1. The first kappa shape index (κ1) is 30.8. The van der Waals surface area contributed by atoms with E-state index in [1.807, 2.05) is 86.7 Å². The summed E-state index contributed by atoms with van der Waals surface area (Å²) < 4.78 is 20.3. The molecule has 43 heavy (non-hydrogen) atoms. The maximum atomic E-state index is 14.0. The molecule has 0 aliphatic carbocycles. The van der Waals surface area contributed by atoms with Crippen molar-refractivity contribution < 1.29 is 19.0 Å². The number of halogens is 2. The summed E-state index contributed by atoms with van der Waals surface area (Å²) in [6.07, 6.45) is 1.71. The van der Waals surface area contributed by atoms with Crippen molar-refractivity contribution in [2.24, 2.45) is 4.99 Å². The highest BCUT2D eigenvalue weighted by Gasteiger charge is 2.35. The zero-order valence-corrected chi connectivity index (χ0v) is 27.3. The SMILES string of the molecule is CCOC(=O)C1=C(C)N=c2s/c(=C/c3ccc(OCc4ccc(Cl)cc4)c(Br)c3)c(=O)n2[C@@H]1c1ccccc1OC(C)C. The quantitative estimate of drug-likeness (QED) is 0.187. The van der Waals surface area contributed by atoms with Crippen molar-refractivity contribution in [1.29, 1.82) is 0 Å². The number of thiazole rings is 1. The summed E-state index contributed by atoms with van der Waals surface area (Å²) in [4.78, 5) is 32.4. The van der Waals surface area contributed by atoms with E-state index in [2.05, 4.69) is 20.9 Å². The molecule has 0 bridgehead atoms. The van der Waals surface area contributed by atoms with Gasteiger partial charge in [0.1, 0.15) is 24.1 Å². The van der Waals surface area contributed by atoms with E-state index in [-0.39, 0.29) is 18.3 Å². The number of hydrogen-bond acceptors (Lipinski definition) is 7. The van der Waals surface area contributed by atoms with Crippen LogP contribution in [0.2, 0.25) is 5.02 Å². The molecule has 5 rings (SSSR count). The van der Waals surface area contributed by atoms with Gasteiger partial charge in [-0.05, 0) is 91.2 Å². The predicted octanol–water partition coefficient (Wildman–Crippen LogP) is 6.58. The van der Waals surface area contributed by atoms with Crippen LogP contribution < -0.4 is 24.4 Å². The smallest absolute Gasteiger partial charge is 0.338 e. The topological polar surface area (TPSA) is 79.1 Å². The second-order valence-electron chi connectivity index (χ2n) is 10.1. The highest BCUT2D eigenvalue weighted by Crippen LogP contribution is 2.36. The monoisotopic (exact) mass is 680 g/mol. The van der Waals surface area contributed by atoms with Crippen molar-refractivity contribution in [1.82, 2.24) is 4.57 Å². The van der Waals surface area contributed by atoms with Crippen LogP contribution in [0.3, 0.4) is 0 Å². The minimum atomic E-state index is -0.761. The van der Waals surface area contributed by atoms with Crippen molar-refractivity contribution in [2.45, 2.75) is 46.4 Å². The van der Waals surface area contributed by atoms with Gasteiger partial charge in [0.25, 0.3) is 5.56 Å². The van der Waals surface area contributed by atoms with Gasteiger partial charge in [0.2, 0.25) is 0 Å². The summed E-state index contributed by atoms with van der Waals surface area (Å²) in [5.41, 5.74) is 3.03. The minimum absolute atomic E-state index is 0.107. The average Bonchev–Trinajstić information content (AvgIpc) is 3.26. The molecule has 1 aromatic heterocycles. The van der Waals surface area contributed by atoms with E-state index in [4.69, 9.17) is 25.8 Å². The summed E-state index contributed by atoms with van der Waals surface area (Å²) in [5.74, 6) is 0.747. The Balaban J connectivity index is 1.55. The van der Waals surface area contributed by atoms with Crippen LogP contribution >= 0.6 is 38.9 Å². The highest BCUT2D eigenvalue weighted by molar-refractivity contribution is 9.10. The normalized spacial score (nSPS) is 14.9. The van der Waals surface area contributed by atoms with Crippen LogP contribution in [0.15, 0.2) is 92.3 Å². The third kappa shape index (κ3) is 6.79. The molecular weight excluding hydrogens is 652 g/mol. The number of aromatic nitrogens is 1. The lowest BCUT2D eigenvalue weighted by molar-refractivity contribution is -0.139. The van der Waals surface area contributed by atoms with Gasteiger partial charge in [-0.1, -0.05) is 59.3 Å². The van der Waals surface area contributed by atoms with Crippen LogP contribution in [-0.4, -0.2) is 23.2 Å². The van der Waals surface area contributed by atoms with E-state index in [1.165, 1.54) is 11.3 Å². The van der Waals surface area contributed by atoms with E-state index in [9.17, 15) is 9.59 Å². The number of esters is 1. The summed E-state index contributed by atoms with van der Waals surface area (Å²) in [6.45, 7) is 7.97. The minimum Gasteiger partial charge on any atom is -0.491 e. The maximum absolute atomic E-state index is 14.0. The predicted molar refractivity (Wildman–Crippen MR) is 173 cm³/mol. The van der Waals surface area contributed by atoms with E-state index in [0.29, 0.717) is 49.3 Å². The Morgan fingerprint density at radius 3 is 2.56 bits per heavy atom. The Morgan fingerprint density at radius 2 is 1.86 bits per heavy atom. The number of fused-ring (bicyclic) bond motifs is 1. The molecule has 222 valence electrons. The fourth-order valence-corrected chi connectivity index (χ4v) is 6.45. The molecule has 0 saturated carbocycles. The van der Waals surface area contributed by atoms with Crippen LogP contribution in [0, 0.1) is 0 Å². The second-order valence-corrected chi connectivity index (χ2v) is 12.4. The van der Waals surface area contributed by atoms with Crippen LogP contribution in [0.25, 0.3) is 6.08 Å². The first-order valence-electron chi connectivity index (χ1n) is 13.8. The standard InChI is InChI=1S/C33H30BrClN2O5S/c1-5-40-32(39)29-20(4)36-33-37(30(29)24-8-6-7-9-26(24)42-19(2)3)31(38)28(43-33)17-22-12-15-27(25(34)16-22)41-18-21-10-13-23(35)14-11-21/h6-17,19,30H,5,18H2,1-4H3/b28-17+/t30-/m1/s1. The lowest BCUT2D eigenvalue weighted by Crippen LogP contribution is -2.40. The van der Waals surface area contributed by atoms with Crippen molar-refractivity contribution in [3.63, 3.8) is 0 Å². The number of rotatable bonds is 9. The summed E-state index contributed by atoms with van der Waals surface area (Å²) >= 11 is 10.8. The fourth-order valence-electron chi connectivity index (χ4n) is 4.77. The molecule has 1 aliphatic rings. The molecule has 2 heterocycles. The summed E-state index contributed by atoms with van der Waals surface area (Å²) in [5, 5.41) is 0.672. The van der Waals surface area contributed by atoms with Crippen molar-refractivity contribution >= 4 is 50.9 Å². The van der Waals surface area contributed by atoms with Gasteiger partial charge in [0, 0.05) is 10.6 Å². The second kappa shape index (κ2) is 13.3. The average molecular weight is 682 g/mol. The number of nitrogens with zero attached hydrogens (tertiary/aromatic N) is 2. The molecule has 0 spiro atoms. The third-order valence-electron chi connectivity index (χ3n) is 6.65. The molecule has 0 unspecified atom stereocenters. The van der Waals surface area contributed by atoms with Crippen molar-refractivity contribution in [2.75, 3.05) is 6.61 Å². The number of hydrogen-bond donors (Lipinski definition) is 0. The Morgan fingerprint density at radius 1 is 1.12 bits per heavy atom. The molecule has 1 aliphatic heterocycles. The lowest BCUT2D eigenvalue weighted by atomic mass is 9.95. The van der Waals surface area contributed by atoms with Gasteiger partial charge in [0.05, 0.1) is 33.0 Å². The van der Waals surface area contributed by atoms with Crippen molar-refractivity contribution in [3.05, 3.63) is 124 Å². The number of allylic oxidation sites excluding steroid dienone is 1. The van der Waals surface area contributed by atoms with Gasteiger partial charge in [-0.3, -0.25) is 9.36 Å². The first-order valence-corrected chi connectivity index (χ1v) is 15.8. The van der Waals surface area contributed by atoms with Crippen LogP contribution in [0.5, 0.6) is 11.5 Å². The van der Waals surface area contributed by atoms with E-state index >= 15 is 0 Å². The van der Waals surface area contributed by atoms with Crippen LogP contribution in [0.1, 0.15) is 50.4 Å². The molecular formula is C33H30BrClN2O5S. The molecule has 3 aromatic carbocycles. The van der Waals surface area contributed by atoms with Gasteiger partial charge in [0.15, 0.2) is 4.80 Å². The van der Waals surface area contributed by atoms with E-state index < -0.39 is 12.0 Å². The molecule has 0 fully saturated rings. The zero-order chi connectivity index (χ0) is 30.7. The molecule has 0 amide bonds. The summed E-state index contributed by atoms with van der Waals surface area (Å²) in [7, 11) is 0. The molecule has 10 heteroatoms. The number of benzene rings is 3. The molecule has 0 radical (unpaired) electrons. The Kier molecular flexibility index (Phi) is 9.54. The first-order chi connectivity index (χ1) is 20.7. The molecule has 4 aromatic rings. The zero-order valence-electron chi connectivity index (χ0n) is 24.1. The van der Waals surface area contributed by atoms with Crippen LogP contribution in [0.4, 0.5) is 0 Å². The van der Waals surface area contributed by atoms with Gasteiger partial charge in [-0.25, -0.2) is 9.79 Å². The molecule has 0 saturated heterocycles. The number of carbonyl (C=O) groups is 1. The highest BCUT2D eigenvalue weighted by atomic mass is 79.9. The Bertz CT molecular complexity index is 1880. The van der Waals surface area contributed by atoms with Gasteiger partial charge >= 0.3 is 5.97 Å². The fraction of sp³-hybridized carbons (Fsp3) is 0.242. The molecule has 1 atom stereocenters. The Hall–Kier alpha value is -3.66. The molecule has 7 nitrogen and oxygen atoms in total. The van der Waals surface area contributed by atoms with Gasteiger partial charge in [-0.15, -0.1) is 0 Å². The lowest BCUT2D eigenvalue weighted by Gasteiger charge is -2.26.